The zero-order valence-electron chi connectivity index (χ0n) is 27.4. The third kappa shape index (κ3) is 8.42. The molecule has 6 rings (SSSR count). The molecule has 45 heavy (non-hydrogen) atoms. The molecule has 0 saturated heterocycles. The van der Waals surface area contributed by atoms with Gasteiger partial charge in [0.1, 0.15) is 5.82 Å². The zero-order valence-corrected chi connectivity index (χ0v) is 31.6. The minimum Gasteiger partial charge on any atom is -0.305 e. The molecule has 2 nitrogen and oxygen atoms in total. The number of nitrogens with zero attached hydrogens (tertiary/aromatic N) is 2. The fraction of sp³-hybridized carbons (Fsp3) is 0.282. The molecular weight excluding hydrogens is 768 g/mol. The second-order valence-electron chi connectivity index (χ2n) is 14.0. The summed E-state index contributed by atoms with van der Waals surface area (Å²) in [7, 11) is -1.37. The smallest absolute Gasteiger partial charge is 0.123 e. The van der Waals surface area contributed by atoms with Gasteiger partial charge in [0.05, 0.1) is 8.07 Å². The molecule has 0 bridgehead atoms. The summed E-state index contributed by atoms with van der Waals surface area (Å²) in [6.07, 6.45) is 5.06. The van der Waals surface area contributed by atoms with Gasteiger partial charge >= 0.3 is 0 Å². The summed E-state index contributed by atoms with van der Waals surface area (Å²) in [6, 6.07) is 30.0. The maximum Gasteiger partial charge on any atom is 0.123 e. The van der Waals surface area contributed by atoms with Gasteiger partial charge in [0.15, 0.2) is 0 Å². The Morgan fingerprint density at radius 1 is 0.867 bits per heavy atom. The zero-order chi connectivity index (χ0) is 31.6. The van der Waals surface area contributed by atoms with E-state index in [1.807, 2.05) is 42.6 Å². The summed E-state index contributed by atoms with van der Waals surface area (Å²) in [5.41, 5.74) is 7.04. The average Bonchev–Trinajstić information content (AvgIpc) is 3.34. The van der Waals surface area contributed by atoms with Crippen LogP contribution in [0.4, 0.5) is 4.39 Å². The van der Waals surface area contributed by atoms with Gasteiger partial charge in [-0.3, -0.25) is 0 Å². The first-order valence-corrected chi connectivity index (χ1v) is 19.6. The van der Waals surface area contributed by atoms with E-state index in [0.29, 0.717) is 5.92 Å². The summed E-state index contributed by atoms with van der Waals surface area (Å²) in [5.74, 6) is 0.249. The van der Waals surface area contributed by atoms with Crippen LogP contribution in [-0.4, -0.2) is 18.0 Å². The summed E-state index contributed by atoms with van der Waals surface area (Å²) >= 11 is 1.67. The molecular formula is C39H41FIrN2SSi-2. The Labute approximate surface area is 286 Å². The molecule has 0 aliphatic heterocycles. The number of halogens is 1. The van der Waals surface area contributed by atoms with Crippen molar-refractivity contribution in [2.75, 3.05) is 0 Å². The predicted molar refractivity (Wildman–Crippen MR) is 190 cm³/mol. The van der Waals surface area contributed by atoms with E-state index in [1.165, 1.54) is 22.4 Å². The number of hydrogen-bond acceptors (Lipinski definition) is 3. The van der Waals surface area contributed by atoms with E-state index in [9.17, 15) is 4.39 Å². The second kappa shape index (κ2) is 14.2. The Kier molecular flexibility index (Phi) is 11.0. The molecule has 6 aromatic rings. The van der Waals surface area contributed by atoms with Crippen LogP contribution in [0.15, 0.2) is 85.2 Å². The molecule has 3 heterocycles. The molecule has 0 saturated carbocycles. The number of thiophene rings is 1. The van der Waals surface area contributed by atoms with Crippen LogP contribution in [0, 0.1) is 23.4 Å². The second-order valence-corrected chi connectivity index (χ2v) is 20.0. The molecule has 3 aromatic heterocycles. The van der Waals surface area contributed by atoms with Crippen molar-refractivity contribution in [3.8, 4) is 22.5 Å². The van der Waals surface area contributed by atoms with Gasteiger partial charge in [-0.05, 0) is 68.7 Å². The first-order valence-electron chi connectivity index (χ1n) is 15.3. The summed E-state index contributed by atoms with van der Waals surface area (Å²) in [4.78, 5) is 9.24. The van der Waals surface area contributed by atoms with Crippen LogP contribution in [0.1, 0.15) is 51.7 Å². The predicted octanol–water partition coefficient (Wildman–Crippen LogP) is 10.9. The monoisotopic (exact) mass is 809 g/mol. The largest absolute Gasteiger partial charge is 0.305 e. The number of hydrogen-bond donors (Lipinski definition) is 0. The van der Waals surface area contributed by atoms with Gasteiger partial charge < -0.3 is 9.97 Å². The van der Waals surface area contributed by atoms with E-state index in [1.54, 1.807) is 17.4 Å². The molecule has 235 valence electrons. The number of aromatic nitrogens is 2. The third-order valence-corrected chi connectivity index (χ3v) is 10.9. The van der Waals surface area contributed by atoms with E-state index in [2.05, 4.69) is 102 Å². The van der Waals surface area contributed by atoms with Gasteiger partial charge in [0, 0.05) is 37.2 Å². The quantitative estimate of drug-likeness (QED) is 0.128. The molecule has 0 spiro atoms. The Balaban J connectivity index is 0.000000201. The third-order valence-electron chi connectivity index (χ3n) is 7.60. The van der Waals surface area contributed by atoms with Crippen molar-refractivity contribution in [3.05, 3.63) is 114 Å². The van der Waals surface area contributed by atoms with Crippen LogP contribution in [-0.2, 0) is 26.5 Å². The van der Waals surface area contributed by atoms with Gasteiger partial charge in [-0.2, -0.15) is 11.3 Å². The van der Waals surface area contributed by atoms with Crippen LogP contribution in [0.25, 0.3) is 42.7 Å². The van der Waals surface area contributed by atoms with Crippen molar-refractivity contribution >= 4 is 44.8 Å². The van der Waals surface area contributed by atoms with E-state index in [-0.39, 0.29) is 31.3 Å². The maximum absolute atomic E-state index is 13.6. The van der Waals surface area contributed by atoms with Crippen molar-refractivity contribution in [1.29, 1.82) is 0 Å². The topological polar surface area (TPSA) is 25.8 Å². The number of fused-ring (bicyclic) bond motifs is 3. The van der Waals surface area contributed by atoms with Crippen molar-refractivity contribution in [1.82, 2.24) is 9.97 Å². The van der Waals surface area contributed by atoms with Crippen LogP contribution in [0.3, 0.4) is 0 Å². The molecule has 0 atom stereocenters. The van der Waals surface area contributed by atoms with E-state index < -0.39 is 8.07 Å². The Morgan fingerprint density at radius 2 is 1.64 bits per heavy atom. The summed E-state index contributed by atoms with van der Waals surface area (Å²) < 4.78 is 15.8. The summed E-state index contributed by atoms with van der Waals surface area (Å²) in [5, 5.41) is 3.51. The molecule has 6 heteroatoms. The molecule has 0 amide bonds. The normalized spacial score (nSPS) is 11.8. The van der Waals surface area contributed by atoms with Crippen LogP contribution >= 0.6 is 11.3 Å². The van der Waals surface area contributed by atoms with E-state index in [4.69, 9.17) is 4.98 Å². The van der Waals surface area contributed by atoms with Crippen LogP contribution < -0.4 is 5.19 Å². The Morgan fingerprint density at radius 3 is 2.31 bits per heavy atom. The number of benzene rings is 3. The minimum atomic E-state index is -1.37. The van der Waals surface area contributed by atoms with E-state index in [0.717, 1.165) is 49.1 Å². The van der Waals surface area contributed by atoms with Crippen LogP contribution in [0.5, 0.6) is 0 Å². The molecule has 0 N–H and O–H groups in total. The average molecular weight is 809 g/mol. The SMILES string of the molecule is CC(C)(C)Cc1cc(-c2[c-]cccc2)ncc1[Si](C)(C)C.CC(C)c1ccnc(-c2[c-]ccc3c2sc2ccc(F)cc23)c1.[Ir]. The maximum atomic E-state index is 13.6. The van der Waals surface area contributed by atoms with E-state index >= 15 is 0 Å². The van der Waals surface area contributed by atoms with Crippen molar-refractivity contribution in [2.24, 2.45) is 5.41 Å². The van der Waals surface area contributed by atoms with Gasteiger partial charge in [-0.15, -0.1) is 59.7 Å². The van der Waals surface area contributed by atoms with Crippen molar-refractivity contribution < 1.29 is 24.5 Å². The van der Waals surface area contributed by atoms with Gasteiger partial charge in [0.25, 0.3) is 0 Å². The summed E-state index contributed by atoms with van der Waals surface area (Å²) in [6.45, 7) is 18.4. The first kappa shape index (κ1) is 34.8. The molecule has 3 aromatic carbocycles. The Bertz CT molecular complexity index is 1900. The minimum absolute atomic E-state index is 0. The molecule has 0 aliphatic rings. The molecule has 0 unspecified atom stereocenters. The first-order chi connectivity index (χ1) is 20.8. The molecule has 1 radical (unpaired) electrons. The van der Waals surface area contributed by atoms with Crippen LogP contribution in [0.2, 0.25) is 19.6 Å². The standard InChI is InChI=1S/C20H15FNS.C19H26NSi.Ir/c1-12(2)13-8-9-22-18(10-13)16-5-3-4-15-17-11-14(21)6-7-19(17)23-20(15)16;1-19(2,3)13-16-12-17(15-10-8-7-9-11-15)20-14-18(16)21(4,5)6;/h3-4,6-12H,1-2H3;7-10,12,14H,13H2,1-6H3;/q2*-1;. The molecule has 0 fully saturated rings. The van der Waals surface area contributed by atoms with Crippen molar-refractivity contribution in [3.63, 3.8) is 0 Å². The van der Waals surface area contributed by atoms with Gasteiger partial charge in [-0.1, -0.05) is 82.9 Å². The molecule has 0 aliphatic carbocycles. The number of pyridine rings is 2. The van der Waals surface area contributed by atoms with Gasteiger partial charge in [0.2, 0.25) is 0 Å². The fourth-order valence-electron chi connectivity index (χ4n) is 5.44. The number of rotatable bonds is 5. The fourth-order valence-corrected chi connectivity index (χ4v) is 8.20. The Hall–Kier alpha value is -3.02. The van der Waals surface area contributed by atoms with Gasteiger partial charge in [-0.25, -0.2) is 4.39 Å². The van der Waals surface area contributed by atoms with Crippen molar-refractivity contribution in [2.45, 2.75) is 66.6 Å².